The first kappa shape index (κ1) is 19.4. The van der Waals surface area contributed by atoms with Crippen molar-refractivity contribution in [3.63, 3.8) is 0 Å². The molecule has 0 amide bonds. The highest BCUT2D eigenvalue weighted by atomic mass is 16.3. The molecule has 29 heavy (non-hydrogen) atoms. The molecule has 4 heterocycles. The number of aromatic hydroxyl groups is 1. The van der Waals surface area contributed by atoms with Crippen LogP contribution in [0.4, 0.5) is 11.6 Å². The van der Waals surface area contributed by atoms with Gasteiger partial charge < -0.3 is 20.4 Å². The summed E-state index contributed by atoms with van der Waals surface area (Å²) in [6.07, 6.45) is 8.56. The van der Waals surface area contributed by atoms with Crippen molar-refractivity contribution in [3.05, 3.63) is 41.7 Å². The van der Waals surface area contributed by atoms with Crippen molar-refractivity contribution >= 4 is 17.3 Å². The third-order valence-corrected chi connectivity index (χ3v) is 5.58. The Morgan fingerprint density at radius 3 is 2.90 bits per heavy atom. The molecule has 1 aliphatic rings. The first-order valence-electron chi connectivity index (χ1n) is 10.3. The van der Waals surface area contributed by atoms with Crippen LogP contribution in [-0.4, -0.2) is 49.0 Å². The number of aromatic nitrogens is 4. The number of hydrogen-bond acceptors (Lipinski definition) is 7. The Hall–Kier alpha value is -2.87. The van der Waals surface area contributed by atoms with Gasteiger partial charge in [0, 0.05) is 49.6 Å². The van der Waals surface area contributed by atoms with Crippen LogP contribution in [-0.2, 0) is 13.0 Å². The molecule has 4 rings (SSSR count). The molecule has 0 spiro atoms. The van der Waals surface area contributed by atoms with Gasteiger partial charge in [-0.2, -0.15) is 9.61 Å². The van der Waals surface area contributed by atoms with Gasteiger partial charge >= 0.3 is 0 Å². The third kappa shape index (κ3) is 4.12. The van der Waals surface area contributed by atoms with Crippen molar-refractivity contribution in [3.8, 4) is 5.88 Å². The normalized spacial score (nSPS) is 17.0. The molecule has 3 aromatic heterocycles. The summed E-state index contributed by atoms with van der Waals surface area (Å²) in [7, 11) is 0. The molecular weight excluding hydrogens is 368 g/mol. The zero-order chi connectivity index (χ0) is 20.2. The molecule has 1 aliphatic heterocycles. The number of anilines is 2. The predicted octanol–water partition coefficient (Wildman–Crippen LogP) is 2.75. The maximum absolute atomic E-state index is 9.49. The third-order valence-electron chi connectivity index (χ3n) is 5.58. The van der Waals surface area contributed by atoms with Gasteiger partial charge in [0.05, 0.1) is 6.20 Å². The van der Waals surface area contributed by atoms with Gasteiger partial charge in [0.15, 0.2) is 5.65 Å². The lowest BCUT2D eigenvalue weighted by molar-refractivity contribution is 0.262. The van der Waals surface area contributed by atoms with Crippen molar-refractivity contribution in [2.24, 2.45) is 0 Å². The summed E-state index contributed by atoms with van der Waals surface area (Å²) in [4.78, 5) is 11.2. The Morgan fingerprint density at radius 1 is 1.24 bits per heavy atom. The average Bonchev–Trinajstić information content (AvgIpc) is 3.17. The highest BCUT2D eigenvalue weighted by Gasteiger charge is 2.24. The monoisotopic (exact) mass is 396 g/mol. The number of aryl methyl sites for hydroxylation is 1. The van der Waals surface area contributed by atoms with Crippen molar-refractivity contribution < 1.29 is 10.2 Å². The van der Waals surface area contributed by atoms with E-state index in [0.717, 1.165) is 60.6 Å². The number of fused-ring (bicyclic) bond motifs is 1. The van der Waals surface area contributed by atoms with E-state index < -0.39 is 0 Å². The lowest BCUT2D eigenvalue weighted by Gasteiger charge is -2.36. The van der Waals surface area contributed by atoms with E-state index in [1.807, 2.05) is 22.8 Å². The standard InChI is InChI=1S/C21H28N6O2/c1-2-16-14-24-27-18(22-12-15-6-7-20(29)23-13-15)11-19(25-21(16)27)26-9-4-3-5-17(26)8-10-28/h6-7,11,13-14,17,22,28H,2-5,8-10,12H2,1H3,(H,23,29). The van der Waals surface area contributed by atoms with Gasteiger partial charge in [-0.25, -0.2) is 9.97 Å². The molecule has 1 fully saturated rings. The first-order chi connectivity index (χ1) is 14.2. The van der Waals surface area contributed by atoms with Crippen LogP contribution >= 0.6 is 0 Å². The molecule has 154 valence electrons. The van der Waals surface area contributed by atoms with Crippen LogP contribution in [0.2, 0.25) is 0 Å². The smallest absolute Gasteiger partial charge is 0.210 e. The van der Waals surface area contributed by atoms with E-state index >= 15 is 0 Å². The van der Waals surface area contributed by atoms with Crippen molar-refractivity contribution in [1.82, 2.24) is 19.6 Å². The molecule has 8 heteroatoms. The minimum absolute atomic E-state index is 0.0158. The van der Waals surface area contributed by atoms with E-state index in [1.54, 1.807) is 12.3 Å². The summed E-state index contributed by atoms with van der Waals surface area (Å²) >= 11 is 0. The number of hydrogen-bond donors (Lipinski definition) is 3. The van der Waals surface area contributed by atoms with E-state index in [9.17, 15) is 10.2 Å². The molecular formula is C21H28N6O2. The summed E-state index contributed by atoms with van der Waals surface area (Å²) < 4.78 is 1.85. The highest BCUT2D eigenvalue weighted by Crippen LogP contribution is 2.29. The minimum atomic E-state index is 0.0158. The number of aliphatic hydroxyl groups is 1. The highest BCUT2D eigenvalue weighted by molar-refractivity contribution is 5.61. The molecule has 0 aliphatic carbocycles. The second-order valence-corrected chi connectivity index (χ2v) is 7.49. The van der Waals surface area contributed by atoms with Crippen LogP contribution < -0.4 is 10.2 Å². The van der Waals surface area contributed by atoms with Crippen LogP contribution in [0.25, 0.3) is 5.65 Å². The molecule has 0 bridgehead atoms. The van der Waals surface area contributed by atoms with E-state index in [2.05, 4.69) is 27.2 Å². The van der Waals surface area contributed by atoms with Gasteiger partial charge in [0.25, 0.3) is 0 Å². The van der Waals surface area contributed by atoms with Crippen LogP contribution in [0.15, 0.2) is 30.6 Å². The molecule has 3 aromatic rings. The summed E-state index contributed by atoms with van der Waals surface area (Å²) in [6.45, 7) is 3.81. The second-order valence-electron chi connectivity index (χ2n) is 7.49. The van der Waals surface area contributed by atoms with Crippen LogP contribution in [0, 0.1) is 0 Å². The van der Waals surface area contributed by atoms with Gasteiger partial charge in [0.1, 0.15) is 11.6 Å². The fraction of sp³-hybridized carbons (Fsp3) is 0.476. The van der Waals surface area contributed by atoms with E-state index in [1.165, 1.54) is 6.42 Å². The quantitative estimate of drug-likeness (QED) is 0.565. The first-order valence-corrected chi connectivity index (χ1v) is 10.3. The molecule has 3 N–H and O–H groups in total. The summed E-state index contributed by atoms with van der Waals surface area (Å²) in [5.74, 6) is 1.81. The number of pyridine rings is 1. The molecule has 1 unspecified atom stereocenters. The lowest BCUT2D eigenvalue weighted by Crippen LogP contribution is -2.40. The number of nitrogens with zero attached hydrogens (tertiary/aromatic N) is 5. The Balaban J connectivity index is 1.68. The maximum Gasteiger partial charge on any atom is 0.210 e. The summed E-state index contributed by atoms with van der Waals surface area (Å²) in [5, 5.41) is 26.9. The summed E-state index contributed by atoms with van der Waals surface area (Å²) in [5.41, 5.74) is 2.94. The predicted molar refractivity (Wildman–Crippen MR) is 112 cm³/mol. The number of aliphatic hydroxyl groups excluding tert-OH is 1. The van der Waals surface area contributed by atoms with Crippen molar-refractivity contribution in [2.45, 2.75) is 51.6 Å². The topological polar surface area (TPSA) is 98.8 Å². The minimum Gasteiger partial charge on any atom is -0.493 e. The molecule has 1 saturated heterocycles. The van der Waals surface area contributed by atoms with Crippen LogP contribution in [0.1, 0.15) is 43.7 Å². The zero-order valence-electron chi connectivity index (χ0n) is 16.8. The van der Waals surface area contributed by atoms with Gasteiger partial charge in [0.2, 0.25) is 5.88 Å². The van der Waals surface area contributed by atoms with Crippen LogP contribution in [0.3, 0.4) is 0 Å². The SMILES string of the molecule is CCc1cnn2c(NCc3ccc(O)nc3)cc(N3CCCCC3CCO)nc12. The van der Waals surface area contributed by atoms with Gasteiger partial charge in [-0.3, -0.25) is 0 Å². The number of piperidine rings is 1. The second kappa shape index (κ2) is 8.65. The summed E-state index contributed by atoms with van der Waals surface area (Å²) in [6, 6.07) is 5.78. The van der Waals surface area contributed by atoms with E-state index in [-0.39, 0.29) is 12.5 Å². The molecule has 8 nitrogen and oxygen atoms in total. The number of rotatable bonds is 7. The van der Waals surface area contributed by atoms with Gasteiger partial charge in [-0.05, 0) is 37.7 Å². The Bertz CT molecular complexity index is 954. The maximum atomic E-state index is 9.49. The number of nitrogens with one attached hydrogen (secondary N) is 1. The van der Waals surface area contributed by atoms with Gasteiger partial charge in [-0.15, -0.1) is 0 Å². The Labute approximate surface area is 170 Å². The molecule has 0 aromatic carbocycles. The van der Waals surface area contributed by atoms with E-state index in [0.29, 0.717) is 12.6 Å². The average molecular weight is 396 g/mol. The van der Waals surface area contributed by atoms with Gasteiger partial charge in [-0.1, -0.05) is 13.0 Å². The largest absolute Gasteiger partial charge is 0.493 e. The van der Waals surface area contributed by atoms with E-state index in [4.69, 9.17) is 4.98 Å². The Morgan fingerprint density at radius 2 is 2.14 bits per heavy atom. The fourth-order valence-corrected chi connectivity index (χ4v) is 3.98. The molecule has 0 radical (unpaired) electrons. The molecule has 0 saturated carbocycles. The Kier molecular flexibility index (Phi) is 5.80. The van der Waals surface area contributed by atoms with Crippen molar-refractivity contribution in [1.29, 1.82) is 0 Å². The van der Waals surface area contributed by atoms with Crippen molar-refractivity contribution in [2.75, 3.05) is 23.4 Å². The van der Waals surface area contributed by atoms with Crippen LogP contribution in [0.5, 0.6) is 5.88 Å². The molecule has 1 atom stereocenters. The zero-order valence-corrected chi connectivity index (χ0v) is 16.8. The fourth-order valence-electron chi connectivity index (χ4n) is 3.98. The lowest BCUT2D eigenvalue weighted by atomic mass is 9.99.